The smallest absolute Gasteiger partial charge is 0.340 e. The summed E-state index contributed by atoms with van der Waals surface area (Å²) in [5.74, 6) is -0.603. The third-order valence-electron chi connectivity index (χ3n) is 3.98. The van der Waals surface area contributed by atoms with E-state index in [1.807, 2.05) is 0 Å². The van der Waals surface area contributed by atoms with Gasteiger partial charge in [-0.15, -0.1) is 0 Å². The van der Waals surface area contributed by atoms with Crippen molar-refractivity contribution in [2.75, 3.05) is 24.2 Å². The lowest BCUT2D eigenvalue weighted by Crippen LogP contribution is -2.41. The zero-order valence-corrected chi connectivity index (χ0v) is 17.7. The number of sulfonamides is 1. The molecule has 1 amide bonds. The van der Waals surface area contributed by atoms with Crippen molar-refractivity contribution in [3.63, 3.8) is 0 Å². The lowest BCUT2D eigenvalue weighted by Gasteiger charge is -2.26. The molecule has 0 heterocycles. The predicted octanol–water partition coefficient (Wildman–Crippen LogP) is 4.44. The number of carbonyl (C=O) groups excluding carboxylic acids is 1. The molecule has 0 aliphatic carbocycles. The molecule has 0 N–H and O–H groups in total. The van der Waals surface area contributed by atoms with Crippen LogP contribution < -0.4 is 4.31 Å². The van der Waals surface area contributed by atoms with Crippen molar-refractivity contribution >= 4 is 44.8 Å². The van der Waals surface area contributed by atoms with Gasteiger partial charge in [-0.05, 0) is 35.9 Å². The molecule has 2 rings (SSSR count). The first-order chi connectivity index (χ1) is 13.3. The van der Waals surface area contributed by atoms with Gasteiger partial charge in [0.2, 0.25) is 15.9 Å². The molecule has 0 aliphatic rings. The second-order valence-corrected chi connectivity index (χ2v) is 9.06. The highest BCUT2D eigenvalue weighted by Gasteiger charge is 2.34. The molecule has 5 nitrogen and oxygen atoms in total. The number of alkyl halides is 3. The van der Waals surface area contributed by atoms with Crippen LogP contribution in [0, 0.1) is 0 Å². The van der Waals surface area contributed by atoms with Gasteiger partial charge in [0.1, 0.15) is 6.54 Å². The maximum atomic E-state index is 13.1. The molecule has 2 aromatic carbocycles. The number of likely N-dealkylation sites (N-methyl/N-ethyl adjacent to an activating group) is 1. The number of nitrogens with zero attached hydrogens (tertiary/aromatic N) is 2. The summed E-state index contributed by atoms with van der Waals surface area (Å²) in [5, 5.41) is -0.0462. The van der Waals surface area contributed by atoms with E-state index in [9.17, 15) is 26.4 Å². The second kappa shape index (κ2) is 8.81. The van der Waals surface area contributed by atoms with Crippen molar-refractivity contribution in [1.29, 1.82) is 0 Å². The molecule has 0 bridgehead atoms. The molecule has 0 aliphatic heterocycles. The highest BCUT2D eigenvalue weighted by molar-refractivity contribution is 7.92. The molecule has 2 aromatic rings. The van der Waals surface area contributed by atoms with Gasteiger partial charge in [-0.3, -0.25) is 9.10 Å². The second-order valence-electron chi connectivity index (χ2n) is 6.31. The van der Waals surface area contributed by atoms with E-state index in [-0.39, 0.29) is 12.2 Å². The van der Waals surface area contributed by atoms with Gasteiger partial charge < -0.3 is 4.90 Å². The van der Waals surface area contributed by atoms with Crippen LogP contribution in [0.2, 0.25) is 10.0 Å². The molecule has 0 fully saturated rings. The lowest BCUT2D eigenvalue weighted by atomic mass is 10.2. The van der Waals surface area contributed by atoms with Crippen molar-refractivity contribution in [2.24, 2.45) is 0 Å². The van der Waals surface area contributed by atoms with Gasteiger partial charge in [-0.1, -0.05) is 35.3 Å². The lowest BCUT2D eigenvalue weighted by molar-refractivity contribution is -0.137. The Hall–Kier alpha value is -1.97. The van der Waals surface area contributed by atoms with Crippen LogP contribution in [0.15, 0.2) is 42.5 Å². The third-order valence-corrected chi connectivity index (χ3v) is 5.70. The standard InChI is InChI=1S/C18H17Cl2F3N2O3S/c1-24(10-12-3-5-13(19)6-4-12)17(26)11-25(29(2,27)28)14-7-8-16(20)15(9-14)18(21,22)23/h3-9H,10-11H2,1-2H3. The highest BCUT2D eigenvalue weighted by atomic mass is 35.5. The summed E-state index contributed by atoms with van der Waals surface area (Å²) >= 11 is 11.4. The fourth-order valence-corrected chi connectivity index (χ4v) is 3.67. The van der Waals surface area contributed by atoms with E-state index in [1.165, 1.54) is 11.9 Å². The maximum Gasteiger partial charge on any atom is 0.417 e. The van der Waals surface area contributed by atoms with Crippen LogP contribution in [0.1, 0.15) is 11.1 Å². The van der Waals surface area contributed by atoms with Crippen molar-refractivity contribution in [3.05, 3.63) is 63.6 Å². The minimum Gasteiger partial charge on any atom is -0.340 e. The summed E-state index contributed by atoms with van der Waals surface area (Å²) in [6, 6.07) is 9.36. The average molecular weight is 469 g/mol. The third kappa shape index (κ3) is 6.25. The number of halogens is 5. The molecule has 29 heavy (non-hydrogen) atoms. The SMILES string of the molecule is CN(Cc1ccc(Cl)cc1)C(=O)CN(c1ccc(Cl)c(C(F)(F)F)c1)S(C)(=O)=O. The van der Waals surface area contributed by atoms with Crippen LogP contribution in [0.25, 0.3) is 0 Å². The van der Waals surface area contributed by atoms with Crippen molar-refractivity contribution < 1.29 is 26.4 Å². The van der Waals surface area contributed by atoms with Crippen LogP contribution in [-0.4, -0.2) is 39.1 Å². The molecule has 0 aromatic heterocycles. The molecule has 158 valence electrons. The Balaban J connectivity index is 2.28. The van der Waals surface area contributed by atoms with Gasteiger partial charge in [0, 0.05) is 18.6 Å². The fraction of sp³-hybridized carbons (Fsp3) is 0.278. The predicted molar refractivity (Wildman–Crippen MR) is 107 cm³/mol. The Morgan fingerprint density at radius 2 is 1.66 bits per heavy atom. The largest absolute Gasteiger partial charge is 0.417 e. The van der Waals surface area contributed by atoms with Crippen LogP contribution in [0.3, 0.4) is 0 Å². The number of hydrogen-bond acceptors (Lipinski definition) is 3. The number of anilines is 1. The van der Waals surface area contributed by atoms with Crippen molar-refractivity contribution in [2.45, 2.75) is 12.7 Å². The Morgan fingerprint density at radius 1 is 1.07 bits per heavy atom. The van der Waals surface area contributed by atoms with E-state index in [1.54, 1.807) is 24.3 Å². The Labute approximate surface area is 176 Å². The quantitative estimate of drug-likeness (QED) is 0.629. The van der Waals surface area contributed by atoms with E-state index in [0.717, 1.165) is 24.0 Å². The Morgan fingerprint density at radius 3 is 2.17 bits per heavy atom. The van der Waals surface area contributed by atoms with Crippen LogP contribution >= 0.6 is 23.2 Å². The first-order valence-corrected chi connectivity index (χ1v) is 10.7. The van der Waals surface area contributed by atoms with Gasteiger partial charge >= 0.3 is 6.18 Å². The molecular formula is C18H17Cl2F3N2O3S. The fourth-order valence-electron chi connectivity index (χ4n) is 2.48. The summed E-state index contributed by atoms with van der Waals surface area (Å²) in [7, 11) is -2.58. The van der Waals surface area contributed by atoms with Gasteiger partial charge in [-0.2, -0.15) is 13.2 Å². The molecule has 0 saturated carbocycles. The molecule has 11 heteroatoms. The molecule has 0 saturated heterocycles. The number of benzene rings is 2. The van der Waals surface area contributed by atoms with E-state index in [2.05, 4.69) is 0 Å². The summed E-state index contributed by atoms with van der Waals surface area (Å²) in [5.41, 5.74) is -0.744. The van der Waals surface area contributed by atoms with Gasteiger partial charge in [0.05, 0.1) is 22.5 Å². The maximum absolute atomic E-state index is 13.1. The average Bonchev–Trinajstić information content (AvgIpc) is 2.60. The van der Waals surface area contributed by atoms with Crippen molar-refractivity contribution in [1.82, 2.24) is 4.90 Å². The number of rotatable bonds is 6. The van der Waals surface area contributed by atoms with Gasteiger partial charge in [0.15, 0.2) is 0 Å². The van der Waals surface area contributed by atoms with Crippen LogP contribution in [-0.2, 0) is 27.5 Å². The topological polar surface area (TPSA) is 57.7 Å². The first kappa shape index (κ1) is 23.3. The first-order valence-electron chi connectivity index (χ1n) is 8.12. The van der Waals surface area contributed by atoms with Gasteiger partial charge in [-0.25, -0.2) is 8.42 Å². The number of hydrogen-bond donors (Lipinski definition) is 0. The van der Waals surface area contributed by atoms with Crippen LogP contribution in [0.4, 0.5) is 18.9 Å². The van der Waals surface area contributed by atoms with E-state index in [0.29, 0.717) is 15.4 Å². The minimum absolute atomic E-state index is 0.169. The Bertz CT molecular complexity index is 996. The molecule has 0 radical (unpaired) electrons. The number of amides is 1. The molecule has 0 atom stereocenters. The normalized spacial score (nSPS) is 12.0. The summed E-state index contributed by atoms with van der Waals surface area (Å²) in [4.78, 5) is 13.8. The Kier molecular flexibility index (Phi) is 7.08. The zero-order valence-electron chi connectivity index (χ0n) is 15.4. The van der Waals surface area contributed by atoms with Crippen LogP contribution in [0.5, 0.6) is 0 Å². The molecule has 0 unspecified atom stereocenters. The monoisotopic (exact) mass is 468 g/mol. The van der Waals surface area contributed by atoms with E-state index >= 15 is 0 Å². The highest BCUT2D eigenvalue weighted by Crippen LogP contribution is 2.37. The minimum atomic E-state index is -4.77. The van der Waals surface area contributed by atoms with Gasteiger partial charge in [0.25, 0.3) is 0 Å². The number of carbonyl (C=O) groups is 1. The van der Waals surface area contributed by atoms with E-state index in [4.69, 9.17) is 23.2 Å². The zero-order chi connectivity index (χ0) is 22.0. The summed E-state index contributed by atoms with van der Waals surface area (Å²) in [6.07, 6.45) is -3.97. The molecule has 0 spiro atoms. The van der Waals surface area contributed by atoms with E-state index < -0.39 is 39.2 Å². The summed E-state index contributed by atoms with van der Waals surface area (Å²) in [6.45, 7) is -0.496. The molecular weight excluding hydrogens is 452 g/mol. The summed E-state index contributed by atoms with van der Waals surface area (Å²) < 4.78 is 64.3. The van der Waals surface area contributed by atoms with Crippen molar-refractivity contribution in [3.8, 4) is 0 Å².